The molecule has 0 aliphatic rings. The van der Waals surface area contributed by atoms with Crippen LogP contribution in [0.1, 0.15) is 32.9 Å². The zero-order valence-corrected chi connectivity index (χ0v) is 17.6. The van der Waals surface area contributed by atoms with Crippen molar-refractivity contribution >= 4 is 0 Å². The number of ether oxygens (including phenoxy) is 1. The summed E-state index contributed by atoms with van der Waals surface area (Å²) in [4.78, 5) is 11.7. The zero-order valence-electron chi connectivity index (χ0n) is 17.6. The maximum Gasteiger partial charge on any atom is 0.223 e. The molecule has 0 amide bonds. The third-order valence-corrected chi connectivity index (χ3v) is 5.23. The maximum absolute atomic E-state index is 11.7. The predicted molar refractivity (Wildman–Crippen MR) is 112 cm³/mol. The number of benzene rings is 1. The number of hydrogen-bond acceptors (Lipinski definition) is 5. The number of para-hydroxylation sites is 1. The Morgan fingerprint density at radius 3 is 2.69 bits per heavy atom. The highest BCUT2D eigenvalue weighted by Gasteiger charge is 2.25. The highest BCUT2D eigenvalue weighted by Crippen LogP contribution is 2.30. The van der Waals surface area contributed by atoms with Crippen LogP contribution in [0.15, 0.2) is 47.5 Å². The first-order valence-electron chi connectivity index (χ1n) is 9.68. The number of aromatic hydroxyl groups is 1. The second-order valence-corrected chi connectivity index (χ2v) is 8.13. The van der Waals surface area contributed by atoms with E-state index < -0.39 is 0 Å². The van der Waals surface area contributed by atoms with Gasteiger partial charge >= 0.3 is 0 Å². The van der Waals surface area contributed by atoms with Gasteiger partial charge in [-0.15, -0.1) is 5.10 Å². The molecule has 0 radical (unpaired) electrons. The molecule has 0 spiro atoms. The number of rotatable bonds is 7. The van der Waals surface area contributed by atoms with Crippen LogP contribution in [0.3, 0.4) is 0 Å². The maximum atomic E-state index is 11.7. The van der Waals surface area contributed by atoms with Crippen LogP contribution in [0.5, 0.6) is 11.5 Å². The Labute approximate surface area is 170 Å². The van der Waals surface area contributed by atoms with E-state index in [9.17, 15) is 9.90 Å². The van der Waals surface area contributed by atoms with Crippen molar-refractivity contribution in [1.29, 1.82) is 0 Å². The summed E-state index contributed by atoms with van der Waals surface area (Å²) in [7, 11) is 1.64. The van der Waals surface area contributed by atoms with Crippen LogP contribution in [-0.4, -0.2) is 31.8 Å². The fraction of sp³-hybridized carbons (Fsp3) is 0.409. The topological polar surface area (TPSA) is 82.2 Å². The normalized spacial score (nSPS) is 12.7. The summed E-state index contributed by atoms with van der Waals surface area (Å²) in [5.41, 5.74) is 1.63. The summed E-state index contributed by atoms with van der Waals surface area (Å²) < 4.78 is 9.22. The Hall–Kier alpha value is -3.09. The molecule has 3 aromatic rings. The van der Waals surface area contributed by atoms with Crippen LogP contribution in [0.25, 0.3) is 11.3 Å². The van der Waals surface area contributed by atoms with Crippen LogP contribution in [0.4, 0.5) is 0 Å². The summed E-state index contributed by atoms with van der Waals surface area (Å²) in [6, 6.07) is 9.15. The van der Waals surface area contributed by atoms with Crippen molar-refractivity contribution < 1.29 is 9.84 Å². The second kappa shape index (κ2) is 8.11. The van der Waals surface area contributed by atoms with Crippen LogP contribution >= 0.6 is 0 Å². The summed E-state index contributed by atoms with van der Waals surface area (Å²) >= 11 is 0. The number of nitrogens with zero attached hydrogens (tertiary/aromatic N) is 4. The van der Waals surface area contributed by atoms with Crippen molar-refractivity contribution in [3.05, 3.63) is 58.6 Å². The average Bonchev–Trinajstić information content (AvgIpc) is 3.13. The van der Waals surface area contributed by atoms with Crippen LogP contribution in [0.2, 0.25) is 0 Å². The van der Waals surface area contributed by atoms with Crippen molar-refractivity contribution in [3.63, 3.8) is 0 Å². The first-order chi connectivity index (χ1) is 13.7. The van der Waals surface area contributed by atoms with E-state index in [1.807, 2.05) is 39.7 Å². The minimum atomic E-state index is -0.353. The van der Waals surface area contributed by atoms with Gasteiger partial charge in [-0.2, -0.15) is 0 Å². The molecule has 0 aliphatic heterocycles. The molecule has 7 nitrogen and oxygen atoms in total. The molecule has 3 rings (SSSR count). The van der Waals surface area contributed by atoms with E-state index in [1.165, 1.54) is 6.07 Å². The Morgan fingerprint density at radius 2 is 1.97 bits per heavy atom. The van der Waals surface area contributed by atoms with Crippen LogP contribution in [-0.2, 0) is 12.1 Å². The van der Waals surface area contributed by atoms with Gasteiger partial charge in [0, 0.05) is 29.9 Å². The number of methoxy groups -OCH3 is 1. The third-order valence-electron chi connectivity index (χ3n) is 5.23. The van der Waals surface area contributed by atoms with Crippen molar-refractivity contribution in [2.75, 3.05) is 7.11 Å². The molecule has 2 heterocycles. The molecule has 0 bridgehead atoms. The van der Waals surface area contributed by atoms with E-state index in [4.69, 9.17) is 4.74 Å². The van der Waals surface area contributed by atoms with E-state index in [0.717, 1.165) is 23.4 Å². The fourth-order valence-electron chi connectivity index (χ4n) is 3.98. The molecular weight excluding hydrogens is 368 g/mol. The molecule has 154 valence electrons. The lowest BCUT2D eigenvalue weighted by Crippen LogP contribution is -2.32. The van der Waals surface area contributed by atoms with Crippen molar-refractivity contribution in [3.8, 4) is 22.8 Å². The van der Waals surface area contributed by atoms with E-state index >= 15 is 0 Å². The fourth-order valence-corrected chi connectivity index (χ4v) is 3.98. The van der Waals surface area contributed by atoms with E-state index in [2.05, 4.69) is 31.1 Å². The molecule has 0 fully saturated rings. The largest absolute Gasteiger partial charge is 0.503 e. The van der Waals surface area contributed by atoms with Gasteiger partial charge in [-0.3, -0.25) is 9.48 Å². The molecular formula is C22H28N4O3. The number of aromatic nitrogens is 4. The molecule has 1 atom stereocenters. The van der Waals surface area contributed by atoms with Gasteiger partial charge in [-0.1, -0.05) is 24.3 Å². The van der Waals surface area contributed by atoms with Crippen LogP contribution < -0.4 is 10.2 Å². The molecule has 1 unspecified atom stereocenters. The predicted octanol–water partition coefficient (Wildman–Crippen LogP) is 3.59. The Bertz CT molecular complexity index is 1050. The summed E-state index contributed by atoms with van der Waals surface area (Å²) in [5.74, 6) is 0.867. The van der Waals surface area contributed by atoms with E-state index in [1.54, 1.807) is 20.2 Å². The minimum Gasteiger partial charge on any atom is -0.503 e. The van der Waals surface area contributed by atoms with Crippen molar-refractivity contribution in [2.24, 2.45) is 5.92 Å². The van der Waals surface area contributed by atoms with Gasteiger partial charge < -0.3 is 14.4 Å². The van der Waals surface area contributed by atoms with Crippen molar-refractivity contribution in [1.82, 2.24) is 19.6 Å². The lowest BCUT2D eigenvalue weighted by Gasteiger charge is -2.33. The molecule has 1 aromatic carbocycles. The van der Waals surface area contributed by atoms with Crippen LogP contribution in [0, 0.1) is 12.8 Å². The minimum absolute atomic E-state index is 0.189. The van der Waals surface area contributed by atoms with Gasteiger partial charge in [0.15, 0.2) is 5.75 Å². The highest BCUT2D eigenvalue weighted by atomic mass is 16.5. The lowest BCUT2D eigenvalue weighted by molar-refractivity contribution is 0.246. The average molecular weight is 396 g/mol. The summed E-state index contributed by atoms with van der Waals surface area (Å²) in [6.07, 6.45) is 4.51. The second-order valence-electron chi connectivity index (χ2n) is 8.13. The molecule has 29 heavy (non-hydrogen) atoms. The number of pyridine rings is 1. The molecule has 0 saturated carbocycles. The third kappa shape index (κ3) is 4.34. The highest BCUT2D eigenvalue weighted by molar-refractivity contribution is 5.65. The monoisotopic (exact) mass is 396 g/mol. The Morgan fingerprint density at radius 1 is 1.24 bits per heavy atom. The molecule has 1 N–H and O–H groups in total. The Balaban J connectivity index is 1.74. The summed E-state index contributed by atoms with van der Waals surface area (Å²) in [5, 5.41) is 18.6. The smallest absolute Gasteiger partial charge is 0.223 e. The Kier molecular flexibility index (Phi) is 5.77. The SMILES string of the molecule is COc1ccccc1-c1cn(CC(C)CC(C)(C)n2ccc(=O)c(O)c2C)nn1. The molecule has 2 aromatic heterocycles. The quantitative estimate of drug-likeness (QED) is 0.660. The zero-order chi connectivity index (χ0) is 21.2. The molecule has 0 saturated heterocycles. The van der Waals surface area contributed by atoms with E-state index in [0.29, 0.717) is 12.2 Å². The van der Waals surface area contributed by atoms with Gasteiger partial charge in [0.05, 0.1) is 19.0 Å². The standard InChI is InChI=1S/C22H28N4O3/c1-15(12-22(3,4)26-11-10-19(27)21(28)16(26)2)13-25-14-18(23-24-25)17-8-6-7-9-20(17)29-5/h6-11,14-15,28H,12-13H2,1-5H3. The number of hydrogen-bond donors (Lipinski definition) is 1. The van der Waals surface area contributed by atoms with Gasteiger partial charge in [-0.05, 0) is 45.2 Å². The summed E-state index contributed by atoms with van der Waals surface area (Å²) in [6.45, 7) is 8.82. The van der Waals surface area contributed by atoms with Crippen molar-refractivity contribution in [2.45, 2.75) is 46.2 Å². The van der Waals surface area contributed by atoms with E-state index in [-0.39, 0.29) is 22.6 Å². The van der Waals surface area contributed by atoms with Gasteiger partial charge in [0.25, 0.3) is 0 Å². The van der Waals surface area contributed by atoms with Gasteiger partial charge in [-0.25, -0.2) is 0 Å². The molecule has 7 heteroatoms. The van der Waals surface area contributed by atoms with Gasteiger partial charge in [0.1, 0.15) is 11.4 Å². The lowest BCUT2D eigenvalue weighted by atomic mass is 9.90. The van der Waals surface area contributed by atoms with Gasteiger partial charge in [0.2, 0.25) is 5.43 Å². The first-order valence-corrected chi connectivity index (χ1v) is 9.68. The first kappa shape index (κ1) is 20.6. The molecule has 0 aliphatic carbocycles.